The topological polar surface area (TPSA) is 26.3 Å². The second-order valence-electron chi connectivity index (χ2n) is 4.14. The maximum absolute atomic E-state index is 12.3. The van der Waals surface area contributed by atoms with Crippen LogP contribution in [0.15, 0.2) is 24.3 Å². The summed E-state index contributed by atoms with van der Waals surface area (Å²) in [6, 6.07) is 7.40. The molecular formula is C14H19ClO2. The normalized spacial score (nSPS) is 11.5. The summed E-state index contributed by atoms with van der Waals surface area (Å²) in [5.41, 5.74) is 0.285. The highest BCUT2D eigenvalue weighted by atomic mass is 35.5. The Morgan fingerprint density at radius 3 is 2.47 bits per heavy atom. The lowest BCUT2D eigenvalue weighted by Gasteiger charge is -2.28. The summed E-state index contributed by atoms with van der Waals surface area (Å²) < 4.78 is 5.42. The zero-order valence-corrected chi connectivity index (χ0v) is 11.4. The van der Waals surface area contributed by atoms with Gasteiger partial charge in [-0.05, 0) is 30.5 Å². The molecule has 0 spiro atoms. The summed E-state index contributed by atoms with van der Waals surface area (Å²) in [5.74, 6) is 0.118. The van der Waals surface area contributed by atoms with Gasteiger partial charge in [0.25, 0.3) is 0 Å². The Balaban J connectivity index is 2.84. The fraction of sp³-hybridized carbons (Fsp3) is 0.500. The Labute approximate surface area is 108 Å². The van der Waals surface area contributed by atoms with E-state index < -0.39 is 5.60 Å². The minimum absolute atomic E-state index is 0.118. The van der Waals surface area contributed by atoms with Crippen LogP contribution >= 0.6 is 11.6 Å². The van der Waals surface area contributed by atoms with Gasteiger partial charge in [-0.3, -0.25) is 4.79 Å². The molecule has 0 aliphatic heterocycles. The van der Waals surface area contributed by atoms with Gasteiger partial charge in [0.15, 0.2) is 5.78 Å². The summed E-state index contributed by atoms with van der Waals surface area (Å²) in [7, 11) is 1.60. The largest absolute Gasteiger partial charge is 0.370 e. The van der Waals surface area contributed by atoms with Gasteiger partial charge in [0.1, 0.15) is 5.60 Å². The summed E-state index contributed by atoms with van der Waals surface area (Å²) in [5, 5.41) is 0.659. The molecule has 17 heavy (non-hydrogen) atoms. The van der Waals surface area contributed by atoms with Gasteiger partial charge in [-0.2, -0.15) is 0 Å². The van der Waals surface area contributed by atoms with Crippen LogP contribution < -0.4 is 0 Å². The fourth-order valence-electron chi connectivity index (χ4n) is 2.04. The first-order valence-electron chi connectivity index (χ1n) is 5.91. The SMILES string of the molecule is CCC(CC)(OC)C(=O)Cc1cccc(Cl)c1. The number of halogens is 1. The monoisotopic (exact) mass is 254 g/mol. The van der Waals surface area contributed by atoms with Gasteiger partial charge in [0, 0.05) is 18.6 Å². The first-order chi connectivity index (χ1) is 8.07. The van der Waals surface area contributed by atoms with Crippen LogP contribution in [0.3, 0.4) is 0 Å². The molecule has 0 amide bonds. The number of methoxy groups -OCH3 is 1. The lowest BCUT2D eigenvalue weighted by atomic mass is 9.88. The standard InChI is InChI=1S/C14H19ClO2/c1-4-14(5-2,17-3)13(16)10-11-7-6-8-12(15)9-11/h6-9H,4-5,10H2,1-3H3. The van der Waals surface area contributed by atoms with Gasteiger partial charge in [0.2, 0.25) is 0 Å². The Bertz CT molecular complexity index is 375. The Hall–Kier alpha value is -0.860. The van der Waals surface area contributed by atoms with Crippen LogP contribution in [0.2, 0.25) is 5.02 Å². The molecule has 1 rings (SSSR count). The van der Waals surface area contributed by atoms with Crippen LogP contribution in [-0.4, -0.2) is 18.5 Å². The molecule has 0 unspecified atom stereocenters. The van der Waals surface area contributed by atoms with Crippen LogP contribution in [0.5, 0.6) is 0 Å². The van der Waals surface area contributed by atoms with Crippen LogP contribution in [0, 0.1) is 0 Å². The van der Waals surface area contributed by atoms with Crippen LogP contribution in [0.4, 0.5) is 0 Å². The minimum Gasteiger partial charge on any atom is -0.370 e. The molecule has 0 saturated heterocycles. The molecule has 0 N–H and O–H groups in total. The van der Waals surface area contributed by atoms with E-state index in [4.69, 9.17) is 16.3 Å². The molecule has 1 aromatic rings. The highest BCUT2D eigenvalue weighted by Gasteiger charge is 2.33. The van der Waals surface area contributed by atoms with E-state index >= 15 is 0 Å². The molecular weight excluding hydrogens is 236 g/mol. The third-order valence-electron chi connectivity index (χ3n) is 3.29. The van der Waals surface area contributed by atoms with Gasteiger partial charge in [0.05, 0.1) is 0 Å². The molecule has 94 valence electrons. The highest BCUT2D eigenvalue weighted by Crippen LogP contribution is 2.23. The van der Waals surface area contributed by atoms with Crippen molar-refractivity contribution in [2.24, 2.45) is 0 Å². The van der Waals surface area contributed by atoms with E-state index in [-0.39, 0.29) is 5.78 Å². The second kappa shape index (κ2) is 6.18. The number of Topliss-reactive ketones (excluding diaryl/α,β-unsaturated/α-hetero) is 1. The maximum atomic E-state index is 12.3. The summed E-state index contributed by atoms with van der Waals surface area (Å²) >= 11 is 5.90. The van der Waals surface area contributed by atoms with E-state index in [1.807, 2.05) is 32.0 Å². The number of rotatable bonds is 6. The van der Waals surface area contributed by atoms with E-state index in [2.05, 4.69) is 0 Å². The number of carbonyl (C=O) groups is 1. The van der Waals surface area contributed by atoms with Crippen LogP contribution in [0.1, 0.15) is 32.3 Å². The van der Waals surface area contributed by atoms with Crippen molar-refractivity contribution in [2.75, 3.05) is 7.11 Å². The third-order valence-corrected chi connectivity index (χ3v) is 3.53. The number of hydrogen-bond donors (Lipinski definition) is 0. The van der Waals surface area contributed by atoms with Crippen LogP contribution in [0.25, 0.3) is 0 Å². The molecule has 0 heterocycles. The van der Waals surface area contributed by atoms with E-state index in [0.29, 0.717) is 24.3 Å². The molecule has 0 fully saturated rings. The molecule has 0 aliphatic carbocycles. The lowest BCUT2D eigenvalue weighted by Crippen LogP contribution is -2.40. The molecule has 0 radical (unpaired) electrons. The van der Waals surface area contributed by atoms with Crippen molar-refractivity contribution in [2.45, 2.75) is 38.7 Å². The van der Waals surface area contributed by atoms with Crippen molar-refractivity contribution in [1.29, 1.82) is 0 Å². The zero-order valence-electron chi connectivity index (χ0n) is 10.6. The van der Waals surface area contributed by atoms with Crippen molar-refractivity contribution < 1.29 is 9.53 Å². The van der Waals surface area contributed by atoms with Gasteiger partial charge in [-0.25, -0.2) is 0 Å². The predicted molar refractivity (Wildman–Crippen MR) is 70.5 cm³/mol. The fourth-order valence-corrected chi connectivity index (χ4v) is 2.25. The molecule has 1 aromatic carbocycles. The van der Waals surface area contributed by atoms with Crippen molar-refractivity contribution in [3.05, 3.63) is 34.9 Å². The van der Waals surface area contributed by atoms with E-state index in [9.17, 15) is 4.79 Å². The predicted octanol–water partition coefficient (Wildman–Crippen LogP) is 3.66. The van der Waals surface area contributed by atoms with E-state index in [1.54, 1.807) is 13.2 Å². The zero-order chi connectivity index (χ0) is 12.9. The quantitative estimate of drug-likeness (QED) is 0.775. The van der Waals surface area contributed by atoms with Crippen molar-refractivity contribution in [3.63, 3.8) is 0 Å². The lowest BCUT2D eigenvalue weighted by molar-refractivity contribution is -0.141. The van der Waals surface area contributed by atoms with Gasteiger partial charge < -0.3 is 4.74 Å². The molecule has 3 heteroatoms. The first kappa shape index (κ1) is 14.2. The van der Waals surface area contributed by atoms with Crippen LogP contribution in [-0.2, 0) is 16.0 Å². The van der Waals surface area contributed by atoms with Gasteiger partial charge in [-0.1, -0.05) is 37.6 Å². The Morgan fingerprint density at radius 1 is 1.35 bits per heavy atom. The first-order valence-corrected chi connectivity index (χ1v) is 6.28. The third kappa shape index (κ3) is 3.30. The second-order valence-corrected chi connectivity index (χ2v) is 4.57. The number of benzene rings is 1. The number of ketones is 1. The van der Waals surface area contributed by atoms with Gasteiger partial charge in [-0.15, -0.1) is 0 Å². The number of carbonyl (C=O) groups excluding carboxylic acids is 1. The molecule has 0 aliphatic rings. The molecule has 0 saturated carbocycles. The smallest absolute Gasteiger partial charge is 0.168 e. The van der Waals surface area contributed by atoms with Gasteiger partial charge >= 0.3 is 0 Å². The summed E-state index contributed by atoms with van der Waals surface area (Å²) in [6.45, 7) is 3.95. The van der Waals surface area contributed by atoms with Crippen molar-refractivity contribution >= 4 is 17.4 Å². The number of ether oxygens (including phenoxy) is 1. The maximum Gasteiger partial charge on any atom is 0.168 e. The molecule has 0 bridgehead atoms. The average molecular weight is 255 g/mol. The Morgan fingerprint density at radius 2 is 2.00 bits per heavy atom. The average Bonchev–Trinajstić information content (AvgIpc) is 2.32. The summed E-state index contributed by atoms with van der Waals surface area (Å²) in [6.07, 6.45) is 1.76. The number of hydrogen-bond acceptors (Lipinski definition) is 2. The highest BCUT2D eigenvalue weighted by molar-refractivity contribution is 6.30. The van der Waals surface area contributed by atoms with E-state index in [1.165, 1.54) is 0 Å². The molecule has 2 nitrogen and oxygen atoms in total. The van der Waals surface area contributed by atoms with Crippen molar-refractivity contribution in [3.8, 4) is 0 Å². The Kier molecular flexibility index (Phi) is 5.16. The summed E-state index contributed by atoms with van der Waals surface area (Å²) in [4.78, 5) is 12.3. The van der Waals surface area contributed by atoms with E-state index in [0.717, 1.165) is 5.56 Å². The minimum atomic E-state index is -0.650. The molecule has 0 aromatic heterocycles. The molecule has 0 atom stereocenters. The van der Waals surface area contributed by atoms with Crippen molar-refractivity contribution in [1.82, 2.24) is 0 Å².